The summed E-state index contributed by atoms with van der Waals surface area (Å²) in [5.74, 6) is 0. The molecule has 2 nitrogen and oxygen atoms in total. The van der Waals surface area contributed by atoms with Gasteiger partial charge in [-0.1, -0.05) is 0 Å². The first-order valence-corrected chi connectivity index (χ1v) is 3.84. The molecule has 0 unspecified atom stereocenters. The van der Waals surface area contributed by atoms with Gasteiger partial charge < -0.3 is 10.8 Å². The molecule has 80 valence electrons. The first kappa shape index (κ1) is 13.0. The highest BCUT2D eigenvalue weighted by Crippen LogP contribution is 2.60. The van der Waals surface area contributed by atoms with Crippen LogP contribution < -0.4 is 5.73 Å². The average molecular weight is 220 g/mol. The predicted octanol–water partition coefficient (Wildman–Crippen LogP) is 1.46. The van der Waals surface area contributed by atoms with Crippen LogP contribution in [0.5, 0.6) is 0 Å². The Labute approximate surface area is 80.7 Å². The highest BCUT2D eigenvalue weighted by atomic mass is 35.5. The lowest BCUT2D eigenvalue weighted by molar-refractivity contribution is -0.190. The number of hydrogen-bond donors (Lipinski definition) is 2. The molecule has 0 aromatic carbocycles. The van der Waals surface area contributed by atoms with Crippen LogP contribution in [0, 0.1) is 5.41 Å². The summed E-state index contributed by atoms with van der Waals surface area (Å²) in [4.78, 5) is 0. The van der Waals surface area contributed by atoms with E-state index in [1.807, 2.05) is 0 Å². The third-order valence-electron chi connectivity index (χ3n) is 2.34. The molecular weight excluding hydrogens is 207 g/mol. The third-order valence-corrected chi connectivity index (χ3v) is 2.34. The number of halogens is 4. The zero-order valence-corrected chi connectivity index (χ0v) is 7.79. The molecule has 1 aliphatic carbocycles. The monoisotopic (exact) mass is 219 g/mol. The molecule has 1 rings (SSSR count). The number of alkyl halides is 3. The van der Waals surface area contributed by atoms with Crippen molar-refractivity contribution < 1.29 is 18.3 Å². The number of rotatable bonds is 3. The van der Waals surface area contributed by atoms with Crippen LogP contribution in [0.4, 0.5) is 13.2 Å². The third kappa shape index (κ3) is 2.72. The molecule has 0 bridgehead atoms. The molecule has 0 aromatic rings. The van der Waals surface area contributed by atoms with E-state index in [1.54, 1.807) is 0 Å². The Morgan fingerprint density at radius 2 is 1.85 bits per heavy atom. The van der Waals surface area contributed by atoms with E-state index < -0.39 is 17.6 Å². The van der Waals surface area contributed by atoms with Gasteiger partial charge in [-0.25, -0.2) is 0 Å². The molecular formula is C7H13ClF3NO. The van der Waals surface area contributed by atoms with E-state index in [9.17, 15) is 13.2 Å². The molecule has 0 radical (unpaired) electrons. The van der Waals surface area contributed by atoms with Crippen LogP contribution in [0.1, 0.15) is 19.3 Å². The van der Waals surface area contributed by atoms with E-state index in [1.165, 1.54) is 0 Å². The van der Waals surface area contributed by atoms with E-state index >= 15 is 0 Å². The largest absolute Gasteiger partial charge is 0.395 e. The highest BCUT2D eigenvalue weighted by molar-refractivity contribution is 5.85. The molecule has 0 saturated heterocycles. The molecule has 0 heterocycles. The van der Waals surface area contributed by atoms with Crippen molar-refractivity contribution in [3.8, 4) is 0 Å². The normalized spacial score (nSPS) is 21.9. The van der Waals surface area contributed by atoms with Crippen LogP contribution in [-0.4, -0.2) is 23.9 Å². The number of hydrogen-bond acceptors (Lipinski definition) is 2. The fraction of sp³-hybridized carbons (Fsp3) is 1.00. The highest BCUT2D eigenvalue weighted by Gasteiger charge is 2.63. The summed E-state index contributed by atoms with van der Waals surface area (Å²) < 4.78 is 36.8. The molecule has 6 heteroatoms. The van der Waals surface area contributed by atoms with Gasteiger partial charge in [0.15, 0.2) is 0 Å². The Hall–Kier alpha value is -0.0000000000000000555. The molecule has 0 spiro atoms. The van der Waals surface area contributed by atoms with Gasteiger partial charge >= 0.3 is 6.18 Å². The van der Waals surface area contributed by atoms with Gasteiger partial charge in [-0.2, -0.15) is 13.2 Å². The maximum Gasteiger partial charge on any atom is 0.394 e. The number of aliphatic hydroxyl groups excluding tert-OH is 1. The lowest BCUT2D eigenvalue weighted by Crippen LogP contribution is -2.34. The Morgan fingerprint density at radius 3 is 2.08 bits per heavy atom. The van der Waals surface area contributed by atoms with Gasteiger partial charge in [0.1, 0.15) is 0 Å². The summed E-state index contributed by atoms with van der Waals surface area (Å²) in [5.41, 5.74) is 3.67. The first-order valence-electron chi connectivity index (χ1n) is 3.84. The van der Waals surface area contributed by atoms with Crippen molar-refractivity contribution in [1.82, 2.24) is 0 Å². The lowest BCUT2D eigenvalue weighted by atomic mass is 9.97. The topological polar surface area (TPSA) is 46.2 Å². The zero-order chi connectivity index (χ0) is 9.41. The minimum atomic E-state index is -4.15. The fourth-order valence-corrected chi connectivity index (χ4v) is 1.32. The van der Waals surface area contributed by atoms with Crippen molar-refractivity contribution in [2.75, 3.05) is 6.61 Å². The second kappa shape index (κ2) is 4.02. The lowest BCUT2D eigenvalue weighted by Gasteiger charge is -2.21. The van der Waals surface area contributed by atoms with Crippen LogP contribution >= 0.6 is 12.4 Å². The van der Waals surface area contributed by atoms with Crippen LogP contribution in [-0.2, 0) is 0 Å². The minimum Gasteiger partial charge on any atom is -0.395 e. The van der Waals surface area contributed by atoms with Crippen molar-refractivity contribution in [2.24, 2.45) is 11.1 Å². The summed E-state index contributed by atoms with van der Waals surface area (Å²) in [6.07, 6.45) is -3.98. The van der Waals surface area contributed by atoms with E-state index in [4.69, 9.17) is 10.8 Å². The van der Waals surface area contributed by atoms with Gasteiger partial charge in [0.05, 0.1) is 12.0 Å². The molecule has 1 atom stereocenters. The van der Waals surface area contributed by atoms with Crippen LogP contribution in [0.3, 0.4) is 0 Å². The average Bonchev–Trinajstić information content (AvgIpc) is 2.67. The summed E-state index contributed by atoms with van der Waals surface area (Å²) in [7, 11) is 0. The smallest absolute Gasteiger partial charge is 0.394 e. The van der Waals surface area contributed by atoms with Gasteiger partial charge in [-0.05, 0) is 19.3 Å². The van der Waals surface area contributed by atoms with E-state index in [2.05, 4.69) is 0 Å². The number of nitrogens with two attached hydrogens (primary N) is 1. The van der Waals surface area contributed by atoms with E-state index in [0.717, 1.165) is 0 Å². The van der Waals surface area contributed by atoms with Gasteiger partial charge in [-0.15, -0.1) is 12.4 Å². The first-order chi connectivity index (χ1) is 5.41. The molecule has 13 heavy (non-hydrogen) atoms. The molecule has 0 amide bonds. The Balaban J connectivity index is 0.00000144. The van der Waals surface area contributed by atoms with Crippen molar-refractivity contribution in [3.63, 3.8) is 0 Å². The summed E-state index contributed by atoms with van der Waals surface area (Å²) in [6.45, 7) is -0.377. The van der Waals surface area contributed by atoms with Gasteiger partial charge in [-0.3, -0.25) is 0 Å². The second-order valence-electron chi connectivity index (χ2n) is 3.42. The van der Waals surface area contributed by atoms with Crippen LogP contribution in [0.15, 0.2) is 0 Å². The molecule has 3 N–H and O–H groups in total. The fourth-order valence-electron chi connectivity index (χ4n) is 1.32. The number of aliphatic hydroxyl groups is 1. The Kier molecular flexibility index (Phi) is 4.02. The van der Waals surface area contributed by atoms with E-state index in [0.29, 0.717) is 0 Å². The standard InChI is InChI=1S/C7H12F3NO.ClH/c8-7(9,10)6(1-2-6)3-5(11)4-12;/h5,12H,1-4,11H2;1H/t5-;/m1./s1. The zero-order valence-electron chi connectivity index (χ0n) is 6.97. The molecule has 1 fully saturated rings. The van der Waals surface area contributed by atoms with Crippen molar-refractivity contribution in [1.29, 1.82) is 0 Å². The summed E-state index contributed by atoms with van der Waals surface area (Å²) in [5, 5.41) is 8.50. The van der Waals surface area contributed by atoms with Crippen LogP contribution in [0.2, 0.25) is 0 Å². The molecule has 0 aromatic heterocycles. The van der Waals surface area contributed by atoms with Crippen molar-refractivity contribution in [3.05, 3.63) is 0 Å². The predicted molar refractivity (Wildman–Crippen MR) is 44.6 cm³/mol. The van der Waals surface area contributed by atoms with E-state index in [-0.39, 0.29) is 38.3 Å². The minimum absolute atomic E-state index is 0. The van der Waals surface area contributed by atoms with Crippen LogP contribution in [0.25, 0.3) is 0 Å². The molecule has 1 aliphatic rings. The van der Waals surface area contributed by atoms with Crippen molar-refractivity contribution in [2.45, 2.75) is 31.5 Å². The molecule has 1 saturated carbocycles. The molecule has 0 aliphatic heterocycles. The summed E-state index contributed by atoms with van der Waals surface area (Å²) >= 11 is 0. The SMILES string of the molecule is Cl.N[C@@H](CO)CC1(C(F)(F)F)CC1. The maximum atomic E-state index is 12.3. The second-order valence-corrected chi connectivity index (χ2v) is 3.42. The summed E-state index contributed by atoms with van der Waals surface area (Å²) in [6, 6.07) is -0.742. The Morgan fingerprint density at radius 1 is 1.38 bits per heavy atom. The van der Waals surface area contributed by atoms with Gasteiger partial charge in [0.25, 0.3) is 0 Å². The maximum absolute atomic E-state index is 12.3. The van der Waals surface area contributed by atoms with Gasteiger partial charge in [0, 0.05) is 6.04 Å². The van der Waals surface area contributed by atoms with Crippen molar-refractivity contribution >= 4 is 12.4 Å². The quantitative estimate of drug-likeness (QED) is 0.755. The Bertz CT molecular complexity index is 170. The van der Waals surface area contributed by atoms with Gasteiger partial charge in [0.2, 0.25) is 0 Å².